The zero-order valence-electron chi connectivity index (χ0n) is 8.63. The van der Waals surface area contributed by atoms with Gasteiger partial charge in [-0.3, -0.25) is 0 Å². The molecular formula is C11H14F2N2. The number of rotatable bonds is 2. The molecule has 15 heavy (non-hydrogen) atoms. The molecule has 1 saturated heterocycles. The van der Waals surface area contributed by atoms with Gasteiger partial charge in [0.15, 0.2) is 11.6 Å². The van der Waals surface area contributed by atoms with Crippen molar-refractivity contribution in [2.24, 2.45) is 0 Å². The SMILES string of the molecule is CNC1CCN(c2ccc(F)c(F)c2)C1. The molecule has 1 unspecified atom stereocenters. The highest BCUT2D eigenvalue weighted by Crippen LogP contribution is 2.22. The molecule has 1 aromatic carbocycles. The summed E-state index contributed by atoms with van der Waals surface area (Å²) in [5.41, 5.74) is 0.756. The van der Waals surface area contributed by atoms with E-state index < -0.39 is 11.6 Å². The summed E-state index contributed by atoms with van der Waals surface area (Å²) in [7, 11) is 1.92. The van der Waals surface area contributed by atoms with Crippen LogP contribution < -0.4 is 10.2 Å². The Morgan fingerprint density at radius 3 is 2.73 bits per heavy atom. The highest BCUT2D eigenvalue weighted by atomic mass is 19.2. The fourth-order valence-corrected chi connectivity index (χ4v) is 1.91. The van der Waals surface area contributed by atoms with E-state index in [2.05, 4.69) is 10.2 Å². The van der Waals surface area contributed by atoms with Gasteiger partial charge in [0.1, 0.15) is 0 Å². The second kappa shape index (κ2) is 4.14. The quantitative estimate of drug-likeness (QED) is 0.803. The number of nitrogens with one attached hydrogen (secondary N) is 1. The molecule has 1 fully saturated rings. The van der Waals surface area contributed by atoms with Gasteiger partial charge < -0.3 is 10.2 Å². The molecule has 1 N–H and O–H groups in total. The minimum Gasteiger partial charge on any atom is -0.370 e. The molecule has 0 aliphatic carbocycles. The van der Waals surface area contributed by atoms with Crippen LogP contribution in [-0.4, -0.2) is 26.2 Å². The van der Waals surface area contributed by atoms with Crippen LogP contribution in [-0.2, 0) is 0 Å². The van der Waals surface area contributed by atoms with Gasteiger partial charge in [-0.05, 0) is 25.6 Å². The summed E-state index contributed by atoms with van der Waals surface area (Å²) >= 11 is 0. The smallest absolute Gasteiger partial charge is 0.160 e. The molecule has 0 bridgehead atoms. The summed E-state index contributed by atoms with van der Waals surface area (Å²) in [5.74, 6) is -1.57. The second-order valence-corrected chi connectivity index (χ2v) is 3.82. The molecule has 2 nitrogen and oxygen atoms in total. The van der Waals surface area contributed by atoms with E-state index in [1.165, 1.54) is 12.1 Å². The molecule has 1 aliphatic rings. The Hall–Kier alpha value is -1.16. The van der Waals surface area contributed by atoms with Crippen molar-refractivity contribution in [1.82, 2.24) is 5.32 Å². The van der Waals surface area contributed by atoms with E-state index in [4.69, 9.17) is 0 Å². The molecule has 1 aliphatic heterocycles. The maximum atomic E-state index is 13.0. The predicted octanol–water partition coefficient (Wildman–Crippen LogP) is 1.76. The van der Waals surface area contributed by atoms with Crippen molar-refractivity contribution in [3.05, 3.63) is 29.8 Å². The Morgan fingerprint density at radius 1 is 1.33 bits per heavy atom. The maximum absolute atomic E-state index is 13.0. The van der Waals surface area contributed by atoms with Crippen molar-refractivity contribution in [3.8, 4) is 0 Å². The zero-order valence-corrected chi connectivity index (χ0v) is 8.63. The first-order valence-corrected chi connectivity index (χ1v) is 5.08. The minimum absolute atomic E-state index is 0.443. The van der Waals surface area contributed by atoms with Crippen LogP contribution in [0.5, 0.6) is 0 Å². The fraction of sp³-hybridized carbons (Fsp3) is 0.455. The van der Waals surface area contributed by atoms with Gasteiger partial charge in [0.2, 0.25) is 0 Å². The van der Waals surface area contributed by atoms with Crippen molar-refractivity contribution in [3.63, 3.8) is 0 Å². The summed E-state index contributed by atoms with van der Waals surface area (Å²) < 4.78 is 25.7. The van der Waals surface area contributed by atoms with Gasteiger partial charge in [-0.1, -0.05) is 0 Å². The summed E-state index contributed by atoms with van der Waals surface area (Å²) in [6.07, 6.45) is 1.04. The highest BCUT2D eigenvalue weighted by molar-refractivity contribution is 5.48. The fourth-order valence-electron chi connectivity index (χ4n) is 1.91. The lowest BCUT2D eigenvalue weighted by molar-refractivity contribution is 0.508. The van der Waals surface area contributed by atoms with Crippen LogP contribution in [0.25, 0.3) is 0 Å². The number of benzene rings is 1. The van der Waals surface area contributed by atoms with Gasteiger partial charge in [0.05, 0.1) is 0 Å². The summed E-state index contributed by atoms with van der Waals surface area (Å²) in [6, 6.07) is 4.50. The van der Waals surface area contributed by atoms with E-state index in [1.807, 2.05) is 7.05 Å². The first-order valence-electron chi connectivity index (χ1n) is 5.08. The van der Waals surface area contributed by atoms with E-state index >= 15 is 0 Å². The molecule has 2 rings (SSSR count). The number of anilines is 1. The largest absolute Gasteiger partial charge is 0.370 e. The first kappa shape index (κ1) is 10.4. The Labute approximate surface area is 87.9 Å². The zero-order chi connectivity index (χ0) is 10.8. The van der Waals surface area contributed by atoms with Crippen molar-refractivity contribution < 1.29 is 8.78 Å². The van der Waals surface area contributed by atoms with Crippen molar-refractivity contribution in [2.45, 2.75) is 12.5 Å². The van der Waals surface area contributed by atoms with E-state index in [1.54, 1.807) is 6.07 Å². The second-order valence-electron chi connectivity index (χ2n) is 3.82. The van der Waals surface area contributed by atoms with E-state index in [0.717, 1.165) is 25.2 Å². The number of hydrogen-bond acceptors (Lipinski definition) is 2. The van der Waals surface area contributed by atoms with E-state index in [-0.39, 0.29) is 0 Å². The Kier molecular flexibility index (Phi) is 2.86. The van der Waals surface area contributed by atoms with E-state index in [9.17, 15) is 8.78 Å². The van der Waals surface area contributed by atoms with Gasteiger partial charge in [-0.2, -0.15) is 0 Å². The maximum Gasteiger partial charge on any atom is 0.160 e. The molecule has 0 amide bonds. The van der Waals surface area contributed by atoms with Crippen LogP contribution >= 0.6 is 0 Å². The molecule has 1 atom stereocenters. The van der Waals surface area contributed by atoms with Crippen molar-refractivity contribution in [2.75, 3.05) is 25.0 Å². The molecule has 4 heteroatoms. The third kappa shape index (κ3) is 2.09. The number of hydrogen-bond donors (Lipinski definition) is 1. The van der Waals surface area contributed by atoms with Crippen LogP contribution in [0.4, 0.5) is 14.5 Å². The van der Waals surface area contributed by atoms with Gasteiger partial charge in [0.25, 0.3) is 0 Å². The summed E-state index contributed by atoms with van der Waals surface area (Å²) in [5, 5.41) is 3.18. The molecular weight excluding hydrogens is 198 g/mol. The standard InChI is InChI=1S/C11H14F2N2/c1-14-8-4-5-15(7-8)9-2-3-10(12)11(13)6-9/h2-3,6,8,14H,4-5,7H2,1H3. The topological polar surface area (TPSA) is 15.3 Å². The van der Waals surface area contributed by atoms with Crippen LogP contribution in [0.1, 0.15) is 6.42 Å². The Balaban J connectivity index is 2.13. The van der Waals surface area contributed by atoms with Crippen LogP contribution in [0, 0.1) is 11.6 Å². The highest BCUT2D eigenvalue weighted by Gasteiger charge is 2.21. The molecule has 82 valence electrons. The van der Waals surface area contributed by atoms with Crippen molar-refractivity contribution >= 4 is 5.69 Å². The van der Waals surface area contributed by atoms with Crippen LogP contribution in [0.15, 0.2) is 18.2 Å². The third-order valence-electron chi connectivity index (χ3n) is 2.86. The normalized spacial score (nSPS) is 21.0. The van der Waals surface area contributed by atoms with Crippen LogP contribution in [0.2, 0.25) is 0 Å². The lowest BCUT2D eigenvalue weighted by Crippen LogP contribution is -2.29. The lowest BCUT2D eigenvalue weighted by Gasteiger charge is -2.18. The Morgan fingerprint density at radius 2 is 2.13 bits per heavy atom. The number of nitrogens with zero attached hydrogens (tertiary/aromatic N) is 1. The molecule has 0 spiro atoms. The number of halogens is 2. The molecule has 1 aromatic rings. The van der Waals surface area contributed by atoms with E-state index in [0.29, 0.717) is 6.04 Å². The molecule has 0 saturated carbocycles. The molecule has 0 aromatic heterocycles. The van der Waals surface area contributed by atoms with Gasteiger partial charge >= 0.3 is 0 Å². The first-order chi connectivity index (χ1) is 7.20. The molecule has 1 heterocycles. The van der Waals surface area contributed by atoms with Gasteiger partial charge in [-0.25, -0.2) is 8.78 Å². The average Bonchev–Trinajstić information content (AvgIpc) is 2.70. The minimum atomic E-state index is -0.789. The van der Waals surface area contributed by atoms with Crippen LogP contribution in [0.3, 0.4) is 0 Å². The van der Waals surface area contributed by atoms with Gasteiger partial charge in [-0.15, -0.1) is 0 Å². The van der Waals surface area contributed by atoms with Gasteiger partial charge in [0, 0.05) is 30.9 Å². The third-order valence-corrected chi connectivity index (χ3v) is 2.86. The summed E-state index contributed by atoms with van der Waals surface area (Å²) in [6.45, 7) is 1.73. The predicted molar refractivity (Wildman–Crippen MR) is 56.0 cm³/mol. The van der Waals surface area contributed by atoms with Crippen molar-refractivity contribution in [1.29, 1.82) is 0 Å². The lowest BCUT2D eigenvalue weighted by atomic mass is 10.2. The summed E-state index contributed by atoms with van der Waals surface area (Å²) in [4.78, 5) is 2.06. The molecule has 0 radical (unpaired) electrons. The average molecular weight is 212 g/mol. The monoisotopic (exact) mass is 212 g/mol. The number of likely N-dealkylation sites (N-methyl/N-ethyl adjacent to an activating group) is 1. The Bertz CT molecular complexity index is 354.